The molecule has 0 atom stereocenters. The highest BCUT2D eigenvalue weighted by molar-refractivity contribution is 14.0. The Morgan fingerprint density at radius 2 is 1.74 bits per heavy atom. The van der Waals surface area contributed by atoms with Gasteiger partial charge in [-0.15, -0.1) is 24.0 Å². The Balaban J connectivity index is 0.00000261. The predicted molar refractivity (Wildman–Crippen MR) is 123 cm³/mol. The number of nitrogens with one attached hydrogen (secondary N) is 1. The molecular formula is C21H29IN4O. The number of nitrogens with zero attached hydrogens (tertiary/aromatic N) is 3. The van der Waals surface area contributed by atoms with Crippen LogP contribution in [0.4, 0.5) is 5.69 Å². The molecule has 1 aliphatic heterocycles. The van der Waals surface area contributed by atoms with Crippen LogP contribution in [0.1, 0.15) is 11.1 Å². The molecule has 0 radical (unpaired) electrons. The fraction of sp³-hybridized carbons (Fsp3) is 0.381. The fourth-order valence-corrected chi connectivity index (χ4v) is 3.26. The first-order valence-corrected chi connectivity index (χ1v) is 9.14. The molecule has 6 heteroatoms. The molecule has 0 unspecified atom stereocenters. The monoisotopic (exact) mass is 480 g/mol. The second-order valence-corrected chi connectivity index (χ2v) is 6.47. The van der Waals surface area contributed by atoms with Gasteiger partial charge in [-0.05, 0) is 17.2 Å². The third-order valence-corrected chi connectivity index (χ3v) is 4.62. The normalized spacial score (nSPS) is 14.4. The zero-order valence-electron chi connectivity index (χ0n) is 16.1. The van der Waals surface area contributed by atoms with E-state index in [1.54, 1.807) is 0 Å². The molecule has 146 valence electrons. The minimum atomic E-state index is 0. The predicted octanol–water partition coefficient (Wildman–Crippen LogP) is 3.35. The van der Waals surface area contributed by atoms with E-state index in [9.17, 15) is 0 Å². The Kier molecular flexibility index (Phi) is 8.87. The van der Waals surface area contributed by atoms with E-state index in [-0.39, 0.29) is 24.0 Å². The molecule has 0 spiro atoms. The van der Waals surface area contributed by atoms with Gasteiger partial charge in [0.2, 0.25) is 0 Å². The van der Waals surface area contributed by atoms with E-state index in [4.69, 9.17) is 4.74 Å². The number of guanidine groups is 1. The zero-order chi connectivity index (χ0) is 18.2. The Morgan fingerprint density at radius 3 is 2.44 bits per heavy atom. The molecule has 2 aromatic rings. The van der Waals surface area contributed by atoms with Gasteiger partial charge in [0.05, 0.1) is 13.2 Å². The van der Waals surface area contributed by atoms with Gasteiger partial charge in [-0.3, -0.25) is 4.99 Å². The number of aliphatic imine (C=N–C) groups is 1. The van der Waals surface area contributed by atoms with Crippen molar-refractivity contribution in [3.8, 4) is 0 Å². The average Bonchev–Trinajstić information content (AvgIpc) is 2.70. The lowest BCUT2D eigenvalue weighted by Gasteiger charge is -2.31. The second kappa shape index (κ2) is 11.1. The standard InChI is InChI=1S/C21H28N4O.HI/c1-22-21(24(2)17-18-8-4-3-5-9-18)23-16-19-10-6-7-11-20(19)25-12-14-26-15-13-25;/h3-11H,12-17H2,1-2H3,(H,22,23);1H. The highest BCUT2D eigenvalue weighted by Gasteiger charge is 2.15. The van der Waals surface area contributed by atoms with Crippen molar-refractivity contribution in [1.82, 2.24) is 10.2 Å². The van der Waals surface area contributed by atoms with Crippen molar-refractivity contribution in [2.75, 3.05) is 45.3 Å². The molecule has 27 heavy (non-hydrogen) atoms. The molecule has 0 aliphatic carbocycles. The molecule has 0 saturated carbocycles. The Morgan fingerprint density at radius 1 is 1.07 bits per heavy atom. The summed E-state index contributed by atoms with van der Waals surface area (Å²) in [5.74, 6) is 0.894. The number of morpholine rings is 1. The van der Waals surface area contributed by atoms with Crippen molar-refractivity contribution in [2.24, 2.45) is 4.99 Å². The van der Waals surface area contributed by atoms with E-state index in [0.717, 1.165) is 45.4 Å². The molecule has 1 saturated heterocycles. The number of anilines is 1. The second-order valence-electron chi connectivity index (χ2n) is 6.47. The van der Waals surface area contributed by atoms with E-state index in [1.165, 1.54) is 16.8 Å². The van der Waals surface area contributed by atoms with Crippen molar-refractivity contribution in [3.63, 3.8) is 0 Å². The smallest absolute Gasteiger partial charge is 0.193 e. The summed E-state index contributed by atoms with van der Waals surface area (Å²) < 4.78 is 5.48. The number of benzene rings is 2. The number of para-hydroxylation sites is 1. The van der Waals surface area contributed by atoms with Gasteiger partial charge < -0.3 is 19.9 Å². The van der Waals surface area contributed by atoms with Crippen molar-refractivity contribution in [2.45, 2.75) is 13.1 Å². The summed E-state index contributed by atoms with van der Waals surface area (Å²) in [6.07, 6.45) is 0. The highest BCUT2D eigenvalue weighted by Crippen LogP contribution is 2.21. The maximum Gasteiger partial charge on any atom is 0.193 e. The van der Waals surface area contributed by atoms with Crippen LogP contribution in [0.2, 0.25) is 0 Å². The van der Waals surface area contributed by atoms with Crippen LogP contribution in [-0.4, -0.2) is 51.3 Å². The molecular weight excluding hydrogens is 451 g/mol. The average molecular weight is 480 g/mol. The molecule has 3 rings (SSSR count). The molecule has 1 N–H and O–H groups in total. The third-order valence-electron chi connectivity index (χ3n) is 4.62. The van der Waals surface area contributed by atoms with Gasteiger partial charge in [-0.1, -0.05) is 48.5 Å². The lowest BCUT2D eigenvalue weighted by molar-refractivity contribution is 0.122. The van der Waals surface area contributed by atoms with Crippen LogP contribution in [0, 0.1) is 0 Å². The van der Waals surface area contributed by atoms with Gasteiger partial charge in [0.25, 0.3) is 0 Å². The van der Waals surface area contributed by atoms with Gasteiger partial charge in [-0.2, -0.15) is 0 Å². The molecule has 2 aromatic carbocycles. The first-order valence-electron chi connectivity index (χ1n) is 9.14. The van der Waals surface area contributed by atoms with E-state index < -0.39 is 0 Å². The minimum absolute atomic E-state index is 0. The first-order chi connectivity index (χ1) is 12.8. The number of ether oxygens (including phenoxy) is 1. The van der Waals surface area contributed by atoms with Crippen molar-refractivity contribution < 1.29 is 4.74 Å². The van der Waals surface area contributed by atoms with Crippen LogP contribution in [0.25, 0.3) is 0 Å². The van der Waals surface area contributed by atoms with Crippen LogP contribution in [0.5, 0.6) is 0 Å². The largest absolute Gasteiger partial charge is 0.378 e. The van der Waals surface area contributed by atoms with Crippen LogP contribution in [-0.2, 0) is 17.8 Å². The van der Waals surface area contributed by atoms with Crippen LogP contribution in [0.15, 0.2) is 59.6 Å². The molecule has 0 aromatic heterocycles. The summed E-state index contributed by atoms with van der Waals surface area (Å²) in [5, 5.41) is 3.50. The molecule has 0 bridgehead atoms. The molecule has 1 heterocycles. The molecule has 5 nitrogen and oxygen atoms in total. The van der Waals surface area contributed by atoms with Crippen LogP contribution in [0.3, 0.4) is 0 Å². The third kappa shape index (κ3) is 6.10. The van der Waals surface area contributed by atoms with E-state index in [1.807, 2.05) is 13.1 Å². The van der Waals surface area contributed by atoms with Gasteiger partial charge in [0, 0.05) is 46.0 Å². The molecule has 1 fully saturated rings. The Hall–Kier alpha value is -1.80. The number of hydrogen-bond acceptors (Lipinski definition) is 3. The minimum Gasteiger partial charge on any atom is -0.378 e. The SMILES string of the molecule is CN=C(NCc1ccccc1N1CCOCC1)N(C)Cc1ccccc1.I. The topological polar surface area (TPSA) is 40.1 Å². The van der Waals surface area contributed by atoms with Crippen molar-refractivity contribution >= 4 is 35.6 Å². The maximum atomic E-state index is 5.48. The lowest BCUT2D eigenvalue weighted by atomic mass is 10.1. The summed E-state index contributed by atoms with van der Waals surface area (Å²) in [6.45, 7) is 5.05. The van der Waals surface area contributed by atoms with Crippen molar-refractivity contribution in [1.29, 1.82) is 0 Å². The van der Waals surface area contributed by atoms with Crippen LogP contribution >= 0.6 is 24.0 Å². The lowest BCUT2D eigenvalue weighted by Crippen LogP contribution is -2.39. The van der Waals surface area contributed by atoms with Crippen molar-refractivity contribution in [3.05, 3.63) is 65.7 Å². The van der Waals surface area contributed by atoms with E-state index >= 15 is 0 Å². The van der Waals surface area contributed by atoms with E-state index in [2.05, 4.69) is 75.7 Å². The van der Waals surface area contributed by atoms with Gasteiger partial charge in [-0.25, -0.2) is 0 Å². The Bertz CT molecular complexity index is 717. The number of hydrogen-bond donors (Lipinski definition) is 1. The maximum absolute atomic E-state index is 5.48. The van der Waals surface area contributed by atoms with E-state index in [0.29, 0.717) is 0 Å². The molecule has 1 aliphatic rings. The first kappa shape index (κ1) is 21.5. The zero-order valence-corrected chi connectivity index (χ0v) is 18.4. The van der Waals surface area contributed by atoms with Gasteiger partial charge in [0.1, 0.15) is 0 Å². The molecule has 0 amide bonds. The van der Waals surface area contributed by atoms with Gasteiger partial charge >= 0.3 is 0 Å². The summed E-state index contributed by atoms with van der Waals surface area (Å²) in [6, 6.07) is 19.0. The summed E-state index contributed by atoms with van der Waals surface area (Å²) in [4.78, 5) is 8.98. The quantitative estimate of drug-likeness (QED) is 0.405. The summed E-state index contributed by atoms with van der Waals surface area (Å²) >= 11 is 0. The van der Waals surface area contributed by atoms with Gasteiger partial charge in [0.15, 0.2) is 5.96 Å². The summed E-state index contributed by atoms with van der Waals surface area (Å²) in [5.41, 5.74) is 3.83. The highest BCUT2D eigenvalue weighted by atomic mass is 127. The Labute approximate surface area is 179 Å². The summed E-state index contributed by atoms with van der Waals surface area (Å²) in [7, 11) is 3.90. The fourth-order valence-electron chi connectivity index (χ4n) is 3.26. The number of halogens is 1. The van der Waals surface area contributed by atoms with Crippen LogP contribution < -0.4 is 10.2 Å². The number of rotatable bonds is 5.